The Kier molecular flexibility index (Phi) is 5.79. The van der Waals surface area contributed by atoms with Gasteiger partial charge in [-0.3, -0.25) is 9.59 Å². The SMILES string of the molecule is Cc1ccc(NC(=O)C(=O)NC2CCCCCC2)c(Br)c1. The Balaban J connectivity index is 1.91. The van der Waals surface area contributed by atoms with Gasteiger partial charge in [-0.25, -0.2) is 0 Å². The molecule has 0 heterocycles. The Labute approximate surface area is 133 Å². The predicted molar refractivity (Wildman–Crippen MR) is 87.1 cm³/mol. The van der Waals surface area contributed by atoms with Gasteiger partial charge in [-0.15, -0.1) is 0 Å². The number of halogens is 1. The van der Waals surface area contributed by atoms with Crippen LogP contribution in [0.5, 0.6) is 0 Å². The van der Waals surface area contributed by atoms with Crippen molar-refractivity contribution in [2.45, 2.75) is 51.5 Å². The quantitative estimate of drug-likeness (QED) is 0.631. The van der Waals surface area contributed by atoms with Gasteiger partial charge in [0.15, 0.2) is 0 Å². The Morgan fingerprint density at radius 1 is 1.10 bits per heavy atom. The van der Waals surface area contributed by atoms with Crippen LogP contribution in [0.25, 0.3) is 0 Å². The van der Waals surface area contributed by atoms with E-state index < -0.39 is 11.8 Å². The van der Waals surface area contributed by atoms with Crippen LogP contribution >= 0.6 is 15.9 Å². The number of hydrogen-bond donors (Lipinski definition) is 2. The van der Waals surface area contributed by atoms with E-state index in [1.807, 2.05) is 19.1 Å². The second kappa shape index (κ2) is 7.59. The van der Waals surface area contributed by atoms with E-state index in [0.29, 0.717) is 5.69 Å². The lowest BCUT2D eigenvalue weighted by atomic mass is 10.1. The number of aryl methyl sites for hydroxylation is 1. The van der Waals surface area contributed by atoms with Gasteiger partial charge in [-0.2, -0.15) is 0 Å². The highest BCUT2D eigenvalue weighted by atomic mass is 79.9. The molecular weight excluding hydrogens is 332 g/mol. The molecule has 21 heavy (non-hydrogen) atoms. The molecular formula is C16H21BrN2O2. The first-order valence-electron chi connectivity index (χ1n) is 7.44. The summed E-state index contributed by atoms with van der Waals surface area (Å²) < 4.78 is 0.776. The van der Waals surface area contributed by atoms with Gasteiger partial charge in [0, 0.05) is 10.5 Å². The van der Waals surface area contributed by atoms with Crippen molar-refractivity contribution in [3.63, 3.8) is 0 Å². The minimum Gasteiger partial charge on any atom is -0.345 e. The summed E-state index contributed by atoms with van der Waals surface area (Å²) in [5, 5.41) is 5.49. The zero-order valence-corrected chi connectivity index (χ0v) is 13.8. The highest BCUT2D eigenvalue weighted by Gasteiger charge is 2.20. The standard InChI is InChI=1S/C16H21BrN2O2/c1-11-8-9-14(13(17)10-11)19-16(21)15(20)18-12-6-4-2-3-5-7-12/h8-10,12H,2-7H2,1H3,(H,18,20)(H,19,21). The van der Waals surface area contributed by atoms with E-state index in [0.717, 1.165) is 35.7 Å². The van der Waals surface area contributed by atoms with Crippen molar-refractivity contribution in [2.75, 3.05) is 5.32 Å². The molecule has 2 rings (SSSR count). The molecule has 1 fully saturated rings. The molecule has 1 saturated carbocycles. The molecule has 2 amide bonds. The van der Waals surface area contributed by atoms with Crippen LogP contribution in [-0.2, 0) is 9.59 Å². The molecule has 1 aliphatic rings. The number of carbonyl (C=O) groups excluding carboxylic acids is 2. The minimum atomic E-state index is -0.608. The Hall–Kier alpha value is -1.36. The van der Waals surface area contributed by atoms with Crippen LogP contribution in [0.2, 0.25) is 0 Å². The van der Waals surface area contributed by atoms with Crippen molar-refractivity contribution in [1.29, 1.82) is 0 Å². The normalized spacial score (nSPS) is 16.1. The number of nitrogens with one attached hydrogen (secondary N) is 2. The highest BCUT2D eigenvalue weighted by Crippen LogP contribution is 2.23. The van der Waals surface area contributed by atoms with Crippen LogP contribution in [0.1, 0.15) is 44.1 Å². The van der Waals surface area contributed by atoms with Crippen LogP contribution in [0.4, 0.5) is 5.69 Å². The fourth-order valence-corrected chi connectivity index (χ4v) is 3.17. The van der Waals surface area contributed by atoms with Gasteiger partial charge in [0.25, 0.3) is 0 Å². The number of anilines is 1. The largest absolute Gasteiger partial charge is 0.345 e. The van der Waals surface area contributed by atoms with Crippen LogP contribution in [0, 0.1) is 6.92 Å². The molecule has 1 aromatic rings. The molecule has 0 unspecified atom stereocenters. The number of hydrogen-bond acceptors (Lipinski definition) is 2. The smallest absolute Gasteiger partial charge is 0.313 e. The molecule has 0 aromatic heterocycles. The lowest BCUT2D eigenvalue weighted by Crippen LogP contribution is -2.41. The molecule has 0 spiro atoms. The third-order valence-electron chi connectivity index (χ3n) is 3.77. The monoisotopic (exact) mass is 352 g/mol. The first-order valence-corrected chi connectivity index (χ1v) is 8.23. The molecule has 0 atom stereocenters. The first kappa shape index (κ1) is 16.0. The summed E-state index contributed by atoms with van der Waals surface area (Å²) in [7, 11) is 0. The lowest BCUT2D eigenvalue weighted by Gasteiger charge is -2.16. The van der Waals surface area contributed by atoms with Gasteiger partial charge < -0.3 is 10.6 Å². The lowest BCUT2D eigenvalue weighted by molar-refractivity contribution is -0.136. The van der Waals surface area contributed by atoms with E-state index in [1.165, 1.54) is 12.8 Å². The van der Waals surface area contributed by atoms with E-state index in [-0.39, 0.29) is 6.04 Å². The molecule has 2 N–H and O–H groups in total. The second-order valence-electron chi connectivity index (χ2n) is 5.60. The summed E-state index contributed by atoms with van der Waals surface area (Å²) >= 11 is 3.39. The van der Waals surface area contributed by atoms with Crippen LogP contribution < -0.4 is 10.6 Å². The van der Waals surface area contributed by atoms with E-state index >= 15 is 0 Å². The van der Waals surface area contributed by atoms with Crippen molar-refractivity contribution in [3.8, 4) is 0 Å². The van der Waals surface area contributed by atoms with Gasteiger partial charge in [0.1, 0.15) is 0 Å². The van der Waals surface area contributed by atoms with Crippen molar-refractivity contribution < 1.29 is 9.59 Å². The van der Waals surface area contributed by atoms with Gasteiger partial charge >= 0.3 is 11.8 Å². The van der Waals surface area contributed by atoms with Crippen molar-refractivity contribution in [1.82, 2.24) is 5.32 Å². The van der Waals surface area contributed by atoms with Gasteiger partial charge in [-0.05, 0) is 53.4 Å². The summed E-state index contributed by atoms with van der Waals surface area (Å²) in [6.07, 6.45) is 6.61. The molecule has 0 saturated heterocycles. The Morgan fingerprint density at radius 2 is 1.76 bits per heavy atom. The maximum Gasteiger partial charge on any atom is 0.313 e. The summed E-state index contributed by atoms with van der Waals surface area (Å²) in [6, 6.07) is 5.71. The molecule has 1 aromatic carbocycles. The molecule has 4 nitrogen and oxygen atoms in total. The van der Waals surface area contributed by atoms with Crippen LogP contribution in [-0.4, -0.2) is 17.9 Å². The zero-order chi connectivity index (χ0) is 15.2. The maximum atomic E-state index is 12.0. The number of benzene rings is 1. The van der Waals surface area contributed by atoms with Gasteiger partial charge in [-0.1, -0.05) is 31.7 Å². The molecule has 0 radical (unpaired) electrons. The summed E-state index contributed by atoms with van der Waals surface area (Å²) in [5.41, 5.74) is 1.70. The van der Waals surface area contributed by atoms with Crippen molar-refractivity contribution >= 4 is 33.4 Å². The number of carbonyl (C=O) groups is 2. The average Bonchev–Trinajstić information content (AvgIpc) is 2.70. The molecule has 0 bridgehead atoms. The van der Waals surface area contributed by atoms with Crippen molar-refractivity contribution in [3.05, 3.63) is 28.2 Å². The number of rotatable bonds is 2. The molecule has 5 heteroatoms. The molecule has 0 aliphatic heterocycles. The average molecular weight is 353 g/mol. The summed E-state index contributed by atoms with van der Waals surface area (Å²) in [6.45, 7) is 1.97. The third-order valence-corrected chi connectivity index (χ3v) is 4.43. The third kappa shape index (κ3) is 4.84. The number of amides is 2. The van der Waals surface area contributed by atoms with Crippen LogP contribution in [0.3, 0.4) is 0 Å². The predicted octanol–water partition coefficient (Wildman–Crippen LogP) is 3.54. The first-order chi connectivity index (χ1) is 10.1. The fourth-order valence-electron chi connectivity index (χ4n) is 2.58. The van der Waals surface area contributed by atoms with E-state index in [9.17, 15) is 9.59 Å². The summed E-state index contributed by atoms with van der Waals surface area (Å²) in [4.78, 5) is 23.9. The highest BCUT2D eigenvalue weighted by molar-refractivity contribution is 9.10. The second-order valence-corrected chi connectivity index (χ2v) is 6.45. The minimum absolute atomic E-state index is 0.132. The van der Waals surface area contributed by atoms with Crippen LogP contribution in [0.15, 0.2) is 22.7 Å². The van der Waals surface area contributed by atoms with E-state index in [2.05, 4.69) is 26.6 Å². The molecule has 114 valence electrons. The Bertz CT molecular complexity index is 523. The topological polar surface area (TPSA) is 58.2 Å². The Morgan fingerprint density at radius 3 is 2.38 bits per heavy atom. The summed E-state index contributed by atoms with van der Waals surface area (Å²) in [5.74, 6) is -1.15. The van der Waals surface area contributed by atoms with Gasteiger partial charge in [0.05, 0.1) is 5.69 Å². The van der Waals surface area contributed by atoms with E-state index in [1.54, 1.807) is 6.07 Å². The van der Waals surface area contributed by atoms with Crippen molar-refractivity contribution in [2.24, 2.45) is 0 Å². The maximum absolute atomic E-state index is 12.0. The van der Waals surface area contributed by atoms with E-state index in [4.69, 9.17) is 0 Å². The fraction of sp³-hybridized carbons (Fsp3) is 0.500. The molecule has 1 aliphatic carbocycles. The zero-order valence-electron chi connectivity index (χ0n) is 12.2. The van der Waals surface area contributed by atoms with Gasteiger partial charge in [0.2, 0.25) is 0 Å².